The van der Waals surface area contributed by atoms with Gasteiger partial charge in [0.2, 0.25) is 0 Å². The zero-order chi connectivity index (χ0) is 13.8. The third-order valence-electron chi connectivity index (χ3n) is 4.57. The first-order chi connectivity index (χ1) is 9.19. The van der Waals surface area contributed by atoms with Crippen LogP contribution in [0.2, 0.25) is 0 Å². The molecule has 1 saturated carbocycles. The van der Waals surface area contributed by atoms with E-state index in [1.165, 1.54) is 36.2 Å². The molecule has 0 aliphatic heterocycles. The Kier molecular flexibility index (Phi) is 5.03. The van der Waals surface area contributed by atoms with Gasteiger partial charge in [0, 0.05) is 18.3 Å². The highest BCUT2D eigenvalue weighted by Gasteiger charge is 2.22. The summed E-state index contributed by atoms with van der Waals surface area (Å²) in [6, 6.07) is 0.275. The van der Waals surface area contributed by atoms with Crippen molar-refractivity contribution in [2.75, 3.05) is 0 Å². The van der Waals surface area contributed by atoms with Gasteiger partial charge >= 0.3 is 0 Å². The average molecular weight is 263 g/mol. The van der Waals surface area contributed by atoms with Gasteiger partial charge in [-0.15, -0.1) is 0 Å². The highest BCUT2D eigenvalue weighted by molar-refractivity contribution is 5.28. The molecule has 1 fully saturated rings. The summed E-state index contributed by atoms with van der Waals surface area (Å²) < 4.78 is 2.29. The maximum Gasteiger partial charge on any atom is 0.0657 e. The maximum absolute atomic E-state index is 6.16. The molecular weight excluding hydrogens is 234 g/mol. The molecule has 0 spiro atoms. The van der Waals surface area contributed by atoms with Gasteiger partial charge in [-0.3, -0.25) is 4.68 Å². The number of hydrogen-bond donors (Lipinski definition) is 1. The lowest BCUT2D eigenvalue weighted by Gasteiger charge is -2.26. The molecule has 1 unspecified atom stereocenters. The smallest absolute Gasteiger partial charge is 0.0657 e. The van der Waals surface area contributed by atoms with Crippen molar-refractivity contribution >= 4 is 0 Å². The summed E-state index contributed by atoms with van der Waals surface area (Å²) >= 11 is 0. The predicted molar refractivity (Wildman–Crippen MR) is 80.3 cm³/mol. The van der Waals surface area contributed by atoms with Crippen LogP contribution in [0.4, 0.5) is 0 Å². The zero-order valence-electron chi connectivity index (χ0n) is 12.8. The maximum atomic E-state index is 6.16. The second kappa shape index (κ2) is 6.56. The Morgan fingerprint density at radius 1 is 1.26 bits per heavy atom. The minimum atomic E-state index is 0.275. The molecule has 0 bridgehead atoms. The number of nitrogens with zero attached hydrogens (tertiary/aromatic N) is 2. The highest BCUT2D eigenvalue weighted by Crippen LogP contribution is 2.29. The van der Waals surface area contributed by atoms with E-state index >= 15 is 0 Å². The van der Waals surface area contributed by atoms with Crippen LogP contribution in [-0.2, 0) is 25.8 Å². The van der Waals surface area contributed by atoms with Gasteiger partial charge in [-0.2, -0.15) is 5.10 Å². The molecule has 3 nitrogen and oxygen atoms in total. The quantitative estimate of drug-likeness (QED) is 0.821. The first-order valence-electron chi connectivity index (χ1n) is 8.02. The van der Waals surface area contributed by atoms with Crippen molar-refractivity contribution in [1.29, 1.82) is 0 Å². The first kappa shape index (κ1) is 14.6. The van der Waals surface area contributed by atoms with Crippen LogP contribution < -0.4 is 5.73 Å². The van der Waals surface area contributed by atoms with E-state index < -0.39 is 0 Å². The van der Waals surface area contributed by atoms with Crippen LogP contribution in [0.5, 0.6) is 0 Å². The molecule has 2 rings (SSSR count). The van der Waals surface area contributed by atoms with E-state index in [0.717, 1.165) is 38.1 Å². The predicted octanol–water partition coefficient (Wildman–Crippen LogP) is 3.09. The molecule has 0 radical (unpaired) electrons. The molecule has 1 atom stereocenters. The number of rotatable bonds is 7. The van der Waals surface area contributed by atoms with Crippen LogP contribution in [0.1, 0.15) is 63.4 Å². The van der Waals surface area contributed by atoms with Crippen molar-refractivity contribution in [2.45, 2.75) is 78.3 Å². The summed E-state index contributed by atoms with van der Waals surface area (Å²) in [7, 11) is 0. The average Bonchev–Trinajstić information content (AvgIpc) is 2.70. The van der Waals surface area contributed by atoms with Gasteiger partial charge in [-0.25, -0.2) is 0 Å². The number of hydrogen-bond acceptors (Lipinski definition) is 2. The minimum Gasteiger partial charge on any atom is -0.327 e. The summed E-state index contributed by atoms with van der Waals surface area (Å²) in [4.78, 5) is 0. The first-order valence-corrected chi connectivity index (χ1v) is 8.02. The van der Waals surface area contributed by atoms with Crippen molar-refractivity contribution in [3.05, 3.63) is 17.0 Å². The van der Waals surface area contributed by atoms with E-state index in [0.29, 0.717) is 0 Å². The second-order valence-corrected chi connectivity index (χ2v) is 5.93. The van der Waals surface area contributed by atoms with Gasteiger partial charge in [0.15, 0.2) is 0 Å². The van der Waals surface area contributed by atoms with Gasteiger partial charge in [0.05, 0.1) is 5.69 Å². The van der Waals surface area contributed by atoms with E-state index in [-0.39, 0.29) is 6.04 Å². The van der Waals surface area contributed by atoms with Crippen molar-refractivity contribution in [3.8, 4) is 0 Å². The van der Waals surface area contributed by atoms with Crippen LogP contribution >= 0.6 is 0 Å². The van der Waals surface area contributed by atoms with Crippen molar-refractivity contribution in [1.82, 2.24) is 9.78 Å². The Morgan fingerprint density at radius 3 is 2.47 bits per heavy atom. The lowest BCUT2D eigenvalue weighted by Crippen LogP contribution is -2.23. The fourth-order valence-corrected chi connectivity index (χ4v) is 2.98. The molecule has 1 heterocycles. The molecule has 108 valence electrons. The van der Waals surface area contributed by atoms with Crippen LogP contribution in [-0.4, -0.2) is 15.8 Å². The molecule has 0 saturated heterocycles. The number of nitrogens with two attached hydrogens (primary N) is 1. The largest absolute Gasteiger partial charge is 0.327 e. The number of aryl methyl sites for hydroxylation is 1. The standard InChI is InChI=1S/C16H29N3/c1-4-13(17)10-14-15(5-2)18-19(16(14)6-3)11-12-8-7-9-12/h12-13H,4-11,17H2,1-3H3. The van der Waals surface area contributed by atoms with E-state index in [2.05, 4.69) is 25.5 Å². The summed E-state index contributed by atoms with van der Waals surface area (Å²) in [6.45, 7) is 7.74. The van der Waals surface area contributed by atoms with Gasteiger partial charge in [-0.1, -0.05) is 27.2 Å². The summed E-state index contributed by atoms with van der Waals surface area (Å²) in [5.41, 5.74) is 10.3. The lowest BCUT2D eigenvalue weighted by molar-refractivity contribution is 0.263. The molecule has 0 aromatic carbocycles. The van der Waals surface area contributed by atoms with E-state index in [1.54, 1.807) is 0 Å². The van der Waals surface area contributed by atoms with Gasteiger partial charge in [0.1, 0.15) is 0 Å². The Balaban J connectivity index is 2.22. The normalized spacial score (nSPS) is 17.5. The van der Waals surface area contributed by atoms with Crippen LogP contribution in [0.3, 0.4) is 0 Å². The van der Waals surface area contributed by atoms with Gasteiger partial charge in [0.25, 0.3) is 0 Å². The SMILES string of the molecule is CCc1nn(CC2CCC2)c(CC)c1CC(N)CC. The Hall–Kier alpha value is -0.830. The van der Waals surface area contributed by atoms with Crippen LogP contribution in [0.25, 0.3) is 0 Å². The molecule has 0 amide bonds. The fourth-order valence-electron chi connectivity index (χ4n) is 2.98. The van der Waals surface area contributed by atoms with Crippen LogP contribution in [0.15, 0.2) is 0 Å². The summed E-state index contributed by atoms with van der Waals surface area (Å²) in [6.07, 6.45) is 8.31. The van der Waals surface area contributed by atoms with Crippen molar-refractivity contribution in [2.24, 2.45) is 11.7 Å². The molecule has 1 aliphatic carbocycles. The second-order valence-electron chi connectivity index (χ2n) is 5.93. The Labute approximate surface area is 117 Å². The topological polar surface area (TPSA) is 43.8 Å². The Bertz CT molecular complexity index is 404. The molecule has 1 aliphatic rings. The fraction of sp³-hybridized carbons (Fsp3) is 0.812. The monoisotopic (exact) mass is 263 g/mol. The third kappa shape index (κ3) is 3.19. The van der Waals surface area contributed by atoms with Crippen LogP contribution in [0, 0.1) is 5.92 Å². The molecule has 19 heavy (non-hydrogen) atoms. The molecule has 1 aromatic heterocycles. The molecule has 3 heteroatoms. The number of aromatic nitrogens is 2. The lowest BCUT2D eigenvalue weighted by atomic mass is 9.85. The van der Waals surface area contributed by atoms with Gasteiger partial charge in [-0.05, 0) is 50.0 Å². The minimum absolute atomic E-state index is 0.275. The van der Waals surface area contributed by atoms with Gasteiger partial charge < -0.3 is 5.73 Å². The Morgan fingerprint density at radius 2 is 2.00 bits per heavy atom. The molecular formula is C16H29N3. The summed E-state index contributed by atoms with van der Waals surface area (Å²) in [5.74, 6) is 0.864. The van der Waals surface area contributed by atoms with Crippen molar-refractivity contribution < 1.29 is 0 Å². The van der Waals surface area contributed by atoms with E-state index in [1.807, 2.05) is 0 Å². The molecule has 1 aromatic rings. The van der Waals surface area contributed by atoms with E-state index in [9.17, 15) is 0 Å². The summed E-state index contributed by atoms with van der Waals surface area (Å²) in [5, 5.41) is 4.87. The van der Waals surface area contributed by atoms with E-state index in [4.69, 9.17) is 10.8 Å². The third-order valence-corrected chi connectivity index (χ3v) is 4.57. The zero-order valence-corrected chi connectivity index (χ0v) is 12.8. The molecule has 2 N–H and O–H groups in total. The highest BCUT2D eigenvalue weighted by atomic mass is 15.3. The van der Waals surface area contributed by atoms with Crippen molar-refractivity contribution in [3.63, 3.8) is 0 Å².